The number of sulfonamides is 1. The van der Waals surface area contributed by atoms with Crippen LogP contribution < -0.4 is 4.72 Å². The number of halogens is 3. The van der Waals surface area contributed by atoms with Crippen LogP contribution in [0.25, 0.3) is 0 Å². The maximum Gasteiger partial charge on any atom is 0.389 e. The van der Waals surface area contributed by atoms with Gasteiger partial charge in [0.2, 0.25) is 10.0 Å². The zero-order valence-electron chi connectivity index (χ0n) is 10.8. The van der Waals surface area contributed by atoms with E-state index in [4.69, 9.17) is 5.11 Å². The highest BCUT2D eigenvalue weighted by Crippen LogP contribution is 2.22. The molecule has 0 unspecified atom stereocenters. The second kappa shape index (κ2) is 6.90. The molecule has 0 amide bonds. The Bertz CT molecular complexity index is 572. The molecule has 1 rings (SSSR count). The van der Waals surface area contributed by atoms with Crippen LogP contribution in [0.2, 0.25) is 0 Å². The van der Waals surface area contributed by atoms with Crippen LogP contribution in [-0.4, -0.2) is 31.7 Å². The summed E-state index contributed by atoms with van der Waals surface area (Å²) in [5.41, 5.74) is 0.407. The topological polar surface area (TPSA) is 83.5 Å². The highest BCUT2D eigenvalue weighted by Gasteiger charge is 2.32. The number of rotatable bonds is 7. The second-order valence-corrected chi connectivity index (χ2v) is 6.16. The van der Waals surface area contributed by atoms with Gasteiger partial charge in [-0.15, -0.1) is 0 Å². The van der Waals surface area contributed by atoms with Crippen molar-refractivity contribution in [2.75, 3.05) is 0 Å². The number of hydrogen-bond donors (Lipinski definition) is 2. The molecule has 2 N–H and O–H groups in total. The SMILES string of the molecule is O=C(O)[C@@H](CCC(F)(F)F)NS(=O)(=O)Cc1ccccc1. The van der Waals surface area contributed by atoms with E-state index in [-0.39, 0.29) is 0 Å². The molecule has 0 aliphatic rings. The molecule has 0 heterocycles. The number of aliphatic carboxylic acids is 1. The summed E-state index contributed by atoms with van der Waals surface area (Å²) < 4.78 is 61.6. The molecule has 0 radical (unpaired) electrons. The number of alkyl halides is 3. The Kier molecular flexibility index (Phi) is 5.73. The van der Waals surface area contributed by atoms with Crippen molar-refractivity contribution >= 4 is 16.0 Å². The van der Waals surface area contributed by atoms with E-state index in [1.807, 2.05) is 0 Å². The Labute approximate surface area is 119 Å². The van der Waals surface area contributed by atoms with Crippen LogP contribution in [0.3, 0.4) is 0 Å². The number of carboxylic acids is 1. The Morgan fingerprint density at radius 3 is 2.29 bits per heavy atom. The van der Waals surface area contributed by atoms with Gasteiger partial charge in [0.15, 0.2) is 0 Å². The minimum absolute atomic E-state index is 0.407. The van der Waals surface area contributed by atoms with Crippen molar-refractivity contribution in [1.29, 1.82) is 0 Å². The summed E-state index contributed by atoms with van der Waals surface area (Å²) in [6.07, 6.45) is -6.77. The van der Waals surface area contributed by atoms with Gasteiger partial charge < -0.3 is 5.11 Å². The highest BCUT2D eigenvalue weighted by atomic mass is 32.2. The molecule has 9 heteroatoms. The maximum absolute atomic E-state index is 12.1. The van der Waals surface area contributed by atoms with Crippen molar-refractivity contribution in [3.8, 4) is 0 Å². The number of nitrogens with one attached hydrogen (secondary N) is 1. The summed E-state index contributed by atoms with van der Waals surface area (Å²) in [6.45, 7) is 0. The van der Waals surface area contributed by atoms with Gasteiger partial charge in [0.05, 0.1) is 5.75 Å². The molecule has 0 saturated carbocycles. The molecular formula is C12H14F3NO4S. The molecule has 0 aliphatic heterocycles. The standard InChI is InChI=1S/C12H14F3NO4S/c13-12(14,15)7-6-10(11(17)18)16-21(19,20)8-9-4-2-1-3-5-9/h1-5,10,16H,6-8H2,(H,17,18)/t10-/m1/s1. The average Bonchev–Trinajstić information content (AvgIpc) is 2.33. The van der Waals surface area contributed by atoms with E-state index in [1.165, 1.54) is 12.1 Å². The van der Waals surface area contributed by atoms with Gasteiger partial charge in [0.25, 0.3) is 0 Å². The van der Waals surface area contributed by atoms with Gasteiger partial charge in [-0.3, -0.25) is 4.79 Å². The van der Waals surface area contributed by atoms with Crippen molar-refractivity contribution in [3.63, 3.8) is 0 Å². The highest BCUT2D eigenvalue weighted by molar-refractivity contribution is 7.88. The first-order chi connectivity index (χ1) is 9.59. The first kappa shape index (κ1) is 17.4. The zero-order valence-corrected chi connectivity index (χ0v) is 11.6. The third-order valence-corrected chi connectivity index (χ3v) is 3.89. The largest absolute Gasteiger partial charge is 0.480 e. The molecule has 118 valence electrons. The van der Waals surface area contributed by atoms with Gasteiger partial charge in [0.1, 0.15) is 6.04 Å². The lowest BCUT2D eigenvalue weighted by molar-refractivity contribution is -0.145. The van der Waals surface area contributed by atoms with Crippen LogP contribution >= 0.6 is 0 Å². The zero-order chi connectivity index (χ0) is 16.1. The Hall–Kier alpha value is -1.61. The van der Waals surface area contributed by atoms with Crippen LogP contribution in [0.15, 0.2) is 30.3 Å². The summed E-state index contributed by atoms with van der Waals surface area (Å²) in [5.74, 6) is -2.14. The van der Waals surface area contributed by atoms with Gasteiger partial charge in [-0.2, -0.15) is 13.2 Å². The molecule has 0 aliphatic carbocycles. The minimum Gasteiger partial charge on any atom is -0.480 e. The van der Waals surface area contributed by atoms with Crippen molar-refractivity contribution in [1.82, 2.24) is 4.72 Å². The summed E-state index contributed by atoms with van der Waals surface area (Å²) in [5, 5.41) is 8.81. The first-order valence-corrected chi connectivity index (χ1v) is 7.58. The van der Waals surface area contributed by atoms with E-state index < -0.39 is 46.8 Å². The molecule has 0 aromatic heterocycles. The average molecular weight is 325 g/mol. The monoisotopic (exact) mass is 325 g/mol. The Morgan fingerprint density at radius 1 is 1.24 bits per heavy atom. The fourth-order valence-electron chi connectivity index (χ4n) is 1.59. The van der Waals surface area contributed by atoms with E-state index >= 15 is 0 Å². The summed E-state index contributed by atoms with van der Waals surface area (Å²) in [7, 11) is -4.04. The lowest BCUT2D eigenvalue weighted by Crippen LogP contribution is -2.41. The van der Waals surface area contributed by atoms with Crippen molar-refractivity contribution in [2.45, 2.75) is 30.8 Å². The van der Waals surface area contributed by atoms with Crippen molar-refractivity contribution in [2.24, 2.45) is 0 Å². The number of carboxylic acid groups (broad SMARTS) is 1. The van der Waals surface area contributed by atoms with Crippen LogP contribution in [0.1, 0.15) is 18.4 Å². The molecule has 0 fully saturated rings. The van der Waals surface area contributed by atoms with E-state index in [2.05, 4.69) is 0 Å². The normalized spacial score (nSPS) is 13.9. The fourth-order valence-corrected chi connectivity index (χ4v) is 2.96. The lowest BCUT2D eigenvalue weighted by Gasteiger charge is -2.15. The van der Waals surface area contributed by atoms with Crippen LogP contribution in [-0.2, 0) is 20.6 Å². The fraction of sp³-hybridized carbons (Fsp3) is 0.417. The van der Waals surface area contributed by atoms with E-state index in [0.29, 0.717) is 5.56 Å². The molecule has 21 heavy (non-hydrogen) atoms. The van der Waals surface area contributed by atoms with E-state index in [9.17, 15) is 26.4 Å². The first-order valence-electron chi connectivity index (χ1n) is 5.92. The van der Waals surface area contributed by atoms with E-state index in [1.54, 1.807) is 22.9 Å². The van der Waals surface area contributed by atoms with Gasteiger partial charge in [-0.25, -0.2) is 13.1 Å². The number of benzene rings is 1. The van der Waals surface area contributed by atoms with Gasteiger partial charge in [-0.05, 0) is 12.0 Å². The molecular weight excluding hydrogens is 311 g/mol. The van der Waals surface area contributed by atoms with Gasteiger partial charge >= 0.3 is 12.1 Å². The molecule has 1 atom stereocenters. The third kappa shape index (κ3) is 7.09. The van der Waals surface area contributed by atoms with Crippen LogP contribution in [0.5, 0.6) is 0 Å². The third-order valence-electron chi connectivity index (χ3n) is 2.54. The lowest BCUT2D eigenvalue weighted by atomic mass is 10.2. The van der Waals surface area contributed by atoms with Gasteiger partial charge in [-0.1, -0.05) is 30.3 Å². The maximum atomic E-state index is 12.1. The van der Waals surface area contributed by atoms with Crippen molar-refractivity contribution in [3.05, 3.63) is 35.9 Å². The van der Waals surface area contributed by atoms with Crippen LogP contribution in [0.4, 0.5) is 13.2 Å². The molecule has 0 bridgehead atoms. The second-order valence-electron chi connectivity index (χ2n) is 4.41. The predicted molar refractivity (Wildman–Crippen MR) is 68.9 cm³/mol. The van der Waals surface area contributed by atoms with Gasteiger partial charge in [0, 0.05) is 6.42 Å². The number of carbonyl (C=O) groups is 1. The smallest absolute Gasteiger partial charge is 0.389 e. The Balaban J connectivity index is 2.71. The minimum atomic E-state index is -4.54. The summed E-state index contributed by atoms with van der Waals surface area (Å²) in [4.78, 5) is 10.9. The molecule has 0 spiro atoms. The predicted octanol–water partition coefficient (Wildman–Crippen LogP) is 1.90. The quantitative estimate of drug-likeness (QED) is 0.802. The molecule has 5 nitrogen and oxygen atoms in total. The number of hydrogen-bond acceptors (Lipinski definition) is 3. The van der Waals surface area contributed by atoms with Crippen LogP contribution in [0, 0.1) is 0 Å². The summed E-state index contributed by atoms with van der Waals surface area (Å²) >= 11 is 0. The summed E-state index contributed by atoms with van der Waals surface area (Å²) in [6, 6.07) is 6.11. The van der Waals surface area contributed by atoms with E-state index in [0.717, 1.165) is 0 Å². The Morgan fingerprint density at radius 2 is 1.81 bits per heavy atom. The molecule has 1 aromatic rings. The molecule has 1 aromatic carbocycles. The van der Waals surface area contributed by atoms with Crippen molar-refractivity contribution < 1.29 is 31.5 Å². The molecule has 0 saturated heterocycles.